The van der Waals surface area contributed by atoms with Gasteiger partial charge in [-0.05, 0) is 44.0 Å². The molecule has 3 rings (SSSR count). The van der Waals surface area contributed by atoms with Crippen molar-refractivity contribution >= 4 is 21.6 Å². The molecule has 2 aliphatic rings. The van der Waals surface area contributed by atoms with Crippen LogP contribution in [0.25, 0.3) is 0 Å². The molecule has 0 saturated carbocycles. The van der Waals surface area contributed by atoms with Gasteiger partial charge in [-0.2, -0.15) is 0 Å². The van der Waals surface area contributed by atoms with Gasteiger partial charge in [-0.3, -0.25) is 4.90 Å². The van der Waals surface area contributed by atoms with Gasteiger partial charge >= 0.3 is 0 Å². The lowest BCUT2D eigenvalue weighted by atomic mass is 9.96. The number of halogens is 3. The van der Waals surface area contributed by atoms with E-state index in [0.29, 0.717) is 16.9 Å². The third kappa shape index (κ3) is 2.95. The third-order valence-electron chi connectivity index (χ3n) is 4.71. The molecule has 2 aliphatic heterocycles. The summed E-state index contributed by atoms with van der Waals surface area (Å²) in [4.78, 5) is 4.41. The standard InChI is InChI=1S/C16H21BrF2N2/c1-11-9-20-5-3-2-4-13(20)10-21(11)16-14(18)6-12(8-17)7-15(16)19/h6-7,11,13H,2-5,8-10H2,1H3. The smallest absolute Gasteiger partial charge is 0.149 e. The molecule has 2 fully saturated rings. The van der Waals surface area contributed by atoms with Gasteiger partial charge in [-0.1, -0.05) is 22.4 Å². The number of benzene rings is 1. The van der Waals surface area contributed by atoms with Gasteiger partial charge in [0.25, 0.3) is 0 Å². The maximum Gasteiger partial charge on any atom is 0.149 e. The fraction of sp³-hybridized carbons (Fsp3) is 0.625. The SMILES string of the molecule is CC1CN2CCCCC2CN1c1c(F)cc(CBr)cc1F. The Labute approximate surface area is 133 Å². The summed E-state index contributed by atoms with van der Waals surface area (Å²) in [6.07, 6.45) is 3.59. The summed E-state index contributed by atoms with van der Waals surface area (Å²) in [5.41, 5.74) is 0.787. The fourth-order valence-electron chi connectivity index (χ4n) is 3.63. The van der Waals surface area contributed by atoms with Crippen LogP contribution >= 0.6 is 15.9 Å². The molecule has 0 aromatic heterocycles. The van der Waals surface area contributed by atoms with Gasteiger partial charge in [0.15, 0.2) is 0 Å². The highest BCUT2D eigenvalue weighted by atomic mass is 79.9. The lowest BCUT2D eigenvalue weighted by Crippen LogP contribution is -2.59. The van der Waals surface area contributed by atoms with Crippen molar-refractivity contribution in [1.82, 2.24) is 4.90 Å². The highest BCUT2D eigenvalue weighted by Crippen LogP contribution is 2.32. The largest absolute Gasteiger partial charge is 0.361 e. The van der Waals surface area contributed by atoms with Crippen molar-refractivity contribution in [3.05, 3.63) is 29.3 Å². The van der Waals surface area contributed by atoms with Crippen molar-refractivity contribution in [2.75, 3.05) is 24.5 Å². The van der Waals surface area contributed by atoms with Crippen LogP contribution in [0.2, 0.25) is 0 Å². The molecule has 2 unspecified atom stereocenters. The predicted molar refractivity (Wildman–Crippen MR) is 85.0 cm³/mol. The van der Waals surface area contributed by atoms with Crippen molar-refractivity contribution < 1.29 is 8.78 Å². The van der Waals surface area contributed by atoms with E-state index >= 15 is 0 Å². The average molecular weight is 359 g/mol. The molecule has 0 aliphatic carbocycles. The van der Waals surface area contributed by atoms with E-state index in [1.807, 2.05) is 4.90 Å². The number of hydrogen-bond acceptors (Lipinski definition) is 2. The topological polar surface area (TPSA) is 6.48 Å². The number of piperidine rings is 1. The quantitative estimate of drug-likeness (QED) is 0.739. The van der Waals surface area contributed by atoms with Crippen molar-refractivity contribution in [3.8, 4) is 0 Å². The minimum absolute atomic E-state index is 0.137. The van der Waals surface area contributed by atoms with Crippen LogP contribution in [0.3, 0.4) is 0 Å². The van der Waals surface area contributed by atoms with E-state index in [9.17, 15) is 8.78 Å². The first-order valence-corrected chi connectivity index (χ1v) is 8.77. The Morgan fingerprint density at radius 1 is 1.19 bits per heavy atom. The second-order valence-corrected chi connectivity index (χ2v) is 6.75. The minimum Gasteiger partial charge on any atom is -0.361 e. The van der Waals surface area contributed by atoms with E-state index < -0.39 is 11.6 Å². The molecule has 2 atom stereocenters. The first-order chi connectivity index (χ1) is 10.1. The molecular formula is C16H21BrF2N2. The number of piperazine rings is 1. The lowest BCUT2D eigenvalue weighted by molar-refractivity contribution is 0.115. The zero-order valence-electron chi connectivity index (χ0n) is 12.3. The minimum atomic E-state index is -0.444. The number of rotatable bonds is 2. The maximum atomic E-state index is 14.4. The van der Waals surface area contributed by atoms with E-state index in [0.717, 1.165) is 26.1 Å². The van der Waals surface area contributed by atoms with Crippen LogP contribution in [0.1, 0.15) is 31.7 Å². The van der Waals surface area contributed by atoms with Crippen molar-refractivity contribution in [2.45, 2.75) is 43.6 Å². The summed E-state index contributed by atoms with van der Waals surface area (Å²) in [6, 6.07) is 3.45. The second-order valence-electron chi connectivity index (χ2n) is 6.19. The molecule has 2 nitrogen and oxygen atoms in total. The molecular weight excluding hydrogens is 338 g/mol. The second kappa shape index (κ2) is 6.21. The van der Waals surface area contributed by atoms with E-state index in [1.54, 1.807) is 0 Å². The molecule has 5 heteroatoms. The van der Waals surface area contributed by atoms with Gasteiger partial charge in [-0.15, -0.1) is 0 Å². The average Bonchev–Trinajstić information content (AvgIpc) is 2.46. The predicted octanol–water partition coefficient (Wildman–Crippen LogP) is 3.92. The van der Waals surface area contributed by atoms with Crippen LogP contribution in [-0.4, -0.2) is 36.6 Å². The summed E-state index contributed by atoms with van der Waals surface area (Å²) in [5, 5.41) is 0.465. The molecule has 1 aromatic rings. The molecule has 2 heterocycles. The third-order valence-corrected chi connectivity index (χ3v) is 5.35. The van der Waals surface area contributed by atoms with Crippen molar-refractivity contribution in [1.29, 1.82) is 0 Å². The number of hydrogen-bond donors (Lipinski definition) is 0. The van der Waals surface area contributed by atoms with E-state index in [2.05, 4.69) is 27.8 Å². The van der Waals surface area contributed by atoms with Gasteiger partial charge < -0.3 is 4.90 Å². The molecule has 0 radical (unpaired) electrons. The Bertz CT molecular complexity index is 500. The molecule has 21 heavy (non-hydrogen) atoms. The Morgan fingerprint density at radius 2 is 1.90 bits per heavy atom. The monoisotopic (exact) mass is 358 g/mol. The van der Waals surface area contributed by atoms with Crippen LogP contribution < -0.4 is 4.90 Å². The van der Waals surface area contributed by atoms with Gasteiger partial charge in [0.05, 0.1) is 0 Å². The number of alkyl halides is 1. The van der Waals surface area contributed by atoms with E-state index in [-0.39, 0.29) is 11.7 Å². The Balaban J connectivity index is 1.89. The number of nitrogens with zero attached hydrogens (tertiary/aromatic N) is 2. The van der Waals surface area contributed by atoms with Gasteiger partial charge in [0.1, 0.15) is 17.3 Å². The van der Waals surface area contributed by atoms with Gasteiger partial charge in [0, 0.05) is 30.5 Å². The van der Waals surface area contributed by atoms with Crippen molar-refractivity contribution in [2.24, 2.45) is 0 Å². The summed E-state index contributed by atoms with van der Waals surface area (Å²) < 4.78 is 28.7. The Hall–Kier alpha value is -0.680. The molecule has 0 amide bonds. The number of fused-ring (bicyclic) bond motifs is 1. The molecule has 0 bridgehead atoms. The molecule has 0 spiro atoms. The Kier molecular flexibility index (Phi) is 4.50. The van der Waals surface area contributed by atoms with E-state index in [4.69, 9.17) is 0 Å². The summed E-state index contributed by atoms with van der Waals surface area (Å²) in [5.74, 6) is -0.888. The zero-order chi connectivity index (χ0) is 15.0. The van der Waals surface area contributed by atoms with Crippen LogP contribution in [-0.2, 0) is 5.33 Å². The fourth-order valence-corrected chi connectivity index (χ4v) is 3.96. The zero-order valence-corrected chi connectivity index (χ0v) is 13.9. The highest BCUT2D eigenvalue weighted by Gasteiger charge is 2.35. The van der Waals surface area contributed by atoms with Crippen LogP contribution in [0.15, 0.2) is 12.1 Å². The number of anilines is 1. The summed E-state index contributed by atoms with van der Waals surface area (Å²) in [7, 11) is 0. The van der Waals surface area contributed by atoms with Gasteiger partial charge in [-0.25, -0.2) is 8.78 Å². The van der Waals surface area contributed by atoms with Crippen LogP contribution in [0, 0.1) is 11.6 Å². The summed E-state index contributed by atoms with van der Waals surface area (Å²) >= 11 is 3.25. The lowest BCUT2D eigenvalue weighted by Gasteiger charge is -2.48. The molecule has 116 valence electrons. The van der Waals surface area contributed by atoms with Crippen LogP contribution in [0.4, 0.5) is 14.5 Å². The molecule has 0 N–H and O–H groups in total. The Morgan fingerprint density at radius 3 is 2.57 bits per heavy atom. The maximum absolute atomic E-state index is 14.4. The van der Waals surface area contributed by atoms with Gasteiger partial charge in [0.2, 0.25) is 0 Å². The first-order valence-electron chi connectivity index (χ1n) is 7.64. The molecule has 2 saturated heterocycles. The van der Waals surface area contributed by atoms with E-state index in [1.165, 1.54) is 25.0 Å². The molecule has 1 aromatic carbocycles. The normalized spacial score (nSPS) is 26.8. The summed E-state index contributed by atoms with van der Waals surface area (Å²) in [6.45, 7) is 4.80. The van der Waals surface area contributed by atoms with Crippen molar-refractivity contribution in [3.63, 3.8) is 0 Å². The highest BCUT2D eigenvalue weighted by molar-refractivity contribution is 9.08. The first kappa shape index (κ1) is 15.2. The van der Waals surface area contributed by atoms with Crippen LogP contribution in [0.5, 0.6) is 0 Å².